The molecule has 4 aliphatic carbocycles. The van der Waals surface area contributed by atoms with E-state index in [1.165, 1.54) is 19.3 Å². The fourth-order valence-corrected chi connectivity index (χ4v) is 5.59. The summed E-state index contributed by atoms with van der Waals surface area (Å²) in [4.78, 5) is 24.8. The molecule has 0 saturated heterocycles. The lowest BCUT2D eigenvalue weighted by Crippen LogP contribution is -2.56. The summed E-state index contributed by atoms with van der Waals surface area (Å²) >= 11 is 0. The van der Waals surface area contributed by atoms with Crippen molar-refractivity contribution in [2.45, 2.75) is 44.9 Å². The number of carbonyl (C=O) groups is 2. The van der Waals surface area contributed by atoms with E-state index in [9.17, 15) is 9.59 Å². The third kappa shape index (κ3) is 3.51. The molecule has 0 radical (unpaired) electrons. The van der Waals surface area contributed by atoms with Gasteiger partial charge in [0.2, 0.25) is 11.8 Å². The normalized spacial score (nSPS) is 32.2. The smallest absolute Gasteiger partial charge is 0.244 e. The first-order valence-corrected chi connectivity index (χ1v) is 9.51. The van der Waals surface area contributed by atoms with Crippen molar-refractivity contribution in [3.05, 3.63) is 30.3 Å². The van der Waals surface area contributed by atoms with Gasteiger partial charge in [-0.15, -0.1) is 0 Å². The topological polar surface area (TPSA) is 70.2 Å². The van der Waals surface area contributed by atoms with E-state index in [0.717, 1.165) is 42.7 Å². The van der Waals surface area contributed by atoms with Crippen molar-refractivity contribution in [1.29, 1.82) is 0 Å². The Bertz CT molecular complexity index is 608. The van der Waals surface area contributed by atoms with Gasteiger partial charge in [-0.1, -0.05) is 18.2 Å². The summed E-state index contributed by atoms with van der Waals surface area (Å²) in [6.07, 6.45) is 7.29. The van der Waals surface area contributed by atoms with E-state index in [4.69, 9.17) is 0 Å². The number of hydrazine groups is 1. The third-order valence-electron chi connectivity index (χ3n) is 6.29. The lowest BCUT2D eigenvalue weighted by Gasteiger charge is -2.55. The molecule has 5 nitrogen and oxygen atoms in total. The average molecular weight is 341 g/mol. The second-order valence-electron chi connectivity index (χ2n) is 8.24. The minimum atomic E-state index is -0.218. The Balaban J connectivity index is 1.23. The summed E-state index contributed by atoms with van der Waals surface area (Å²) in [6, 6.07) is 9.79. The predicted molar refractivity (Wildman–Crippen MR) is 96.4 cm³/mol. The highest BCUT2D eigenvalue weighted by Gasteiger charge is 2.54. The van der Waals surface area contributed by atoms with E-state index in [0.29, 0.717) is 13.0 Å². The second-order valence-corrected chi connectivity index (χ2v) is 8.24. The number of amides is 2. The minimum absolute atomic E-state index is 0.0379. The zero-order valence-corrected chi connectivity index (χ0v) is 14.6. The molecule has 3 N–H and O–H groups in total. The van der Waals surface area contributed by atoms with Crippen LogP contribution in [0.2, 0.25) is 0 Å². The third-order valence-corrected chi connectivity index (χ3v) is 6.29. The van der Waals surface area contributed by atoms with E-state index in [1.807, 2.05) is 30.3 Å². The highest BCUT2D eigenvalue weighted by Crippen LogP contribution is 2.59. The number of nitrogens with one attached hydrogen (secondary N) is 3. The van der Waals surface area contributed by atoms with E-state index in [2.05, 4.69) is 16.2 Å². The van der Waals surface area contributed by atoms with Gasteiger partial charge in [0.05, 0.1) is 5.41 Å². The summed E-state index contributed by atoms with van der Waals surface area (Å²) in [5.41, 5.74) is 6.11. The lowest BCUT2D eigenvalue weighted by molar-refractivity contribution is -0.148. The maximum Gasteiger partial charge on any atom is 0.244 e. The SMILES string of the molecule is O=C(CCNc1ccccc1)NNC(=O)C12CC3CC(CC(C3)C1)C2. The van der Waals surface area contributed by atoms with Gasteiger partial charge in [-0.25, -0.2) is 0 Å². The molecule has 4 saturated carbocycles. The Morgan fingerprint density at radius 3 is 2.12 bits per heavy atom. The van der Waals surface area contributed by atoms with Gasteiger partial charge in [-0.3, -0.25) is 20.4 Å². The number of hydrogen-bond donors (Lipinski definition) is 3. The maximum absolute atomic E-state index is 12.8. The quantitative estimate of drug-likeness (QED) is 0.721. The fraction of sp³-hybridized carbons (Fsp3) is 0.600. The number of rotatable bonds is 5. The van der Waals surface area contributed by atoms with Crippen molar-refractivity contribution in [3.8, 4) is 0 Å². The summed E-state index contributed by atoms with van der Waals surface area (Å²) in [5, 5.41) is 3.20. The molecule has 4 aliphatic rings. The molecule has 1 aromatic rings. The predicted octanol–water partition coefficient (Wildman–Crippen LogP) is 2.85. The highest BCUT2D eigenvalue weighted by molar-refractivity contribution is 5.86. The molecule has 0 aliphatic heterocycles. The fourth-order valence-electron chi connectivity index (χ4n) is 5.59. The number of anilines is 1. The van der Waals surface area contributed by atoms with Gasteiger partial charge in [0.25, 0.3) is 0 Å². The van der Waals surface area contributed by atoms with Gasteiger partial charge in [0.1, 0.15) is 0 Å². The molecule has 4 fully saturated rings. The molecule has 25 heavy (non-hydrogen) atoms. The van der Waals surface area contributed by atoms with Crippen LogP contribution in [0.25, 0.3) is 0 Å². The average Bonchev–Trinajstić information content (AvgIpc) is 2.59. The van der Waals surface area contributed by atoms with Crippen LogP contribution in [0.4, 0.5) is 5.69 Å². The standard InChI is InChI=1S/C20H27N3O2/c24-18(6-7-21-17-4-2-1-3-5-17)22-23-19(25)20-11-14-8-15(12-20)10-16(9-14)13-20/h1-5,14-16,21H,6-13H2,(H,22,24)(H,23,25). The molecule has 0 atom stereocenters. The Hall–Kier alpha value is -2.04. The number of benzene rings is 1. The Morgan fingerprint density at radius 1 is 0.920 bits per heavy atom. The monoisotopic (exact) mass is 341 g/mol. The molecule has 4 bridgehead atoms. The van der Waals surface area contributed by atoms with Gasteiger partial charge in [-0.2, -0.15) is 0 Å². The molecule has 1 aromatic carbocycles. The van der Waals surface area contributed by atoms with Crippen LogP contribution in [-0.4, -0.2) is 18.4 Å². The molecular formula is C20H27N3O2. The van der Waals surface area contributed by atoms with Crippen LogP contribution < -0.4 is 16.2 Å². The van der Waals surface area contributed by atoms with E-state index in [1.54, 1.807) is 0 Å². The first kappa shape index (κ1) is 16.4. The van der Waals surface area contributed by atoms with Crippen molar-refractivity contribution in [1.82, 2.24) is 10.9 Å². The first-order valence-electron chi connectivity index (χ1n) is 9.51. The van der Waals surface area contributed by atoms with Crippen molar-refractivity contribution in [3.63, 3.8) is 0 Å². The number of para-hydroxylation sites is 1. The Labute approximate surface area is 148 Å². The van der Waals surface area contributed by atoms with Crippen LogP contribution in [-0.2, 0) is 9.59 Å². The molecule has 134 valence electrons. The van der Waals surface area contributed by atoms with Crippen molar-refractivity contribution in [2.75, 3.05) is 11.9 Å². The van der Waals surface area contributed by atoms with E-state index in [-0.39, 0.29) is 17.2 Å². The van der Waals surface area contributed by atoms with Gasteiger partial charge in [0, 0.05) is 18.7 Å². The molecule has 0 heterocycles. The Morgan fingerprint density at radius 2 is 1.52 bits per heavy atom. The van der Waals surface area contributed by atoms with Crippen molar-refractivity contribution >= 4 is 17.5 Å². The molecule has 0 spiro atoms. The number of hydrogen-bond acceptors (Lipinski definition) is 3. The van der Waals surface area contributed by atoms with Gasteiger partial charge >= 0.3 is 0 Å². The minimum Gasteiger partial charge on any atom is -0.385 e. The van der Waals surface area contributed by atoms with Crippen LogP contribution >= 0.6 is 0 Å². The molecule has 0 aromatic heterocycles. The summed E-state index contributed by atoms with van der Waals surface area (Å²) in [6.45, 7) is 0.545. The van der Waals surface area contributed by atoms with Crippen LogP contribution in [0, 0.1) is 23.2 Å². The molecule has 5 heteroatoms. The molecule has 0 unspecified atom stereocenters. The van der Waals surface area contributed by atoms with Gasteiger partial charge in [0.15, 0.2) is 0 Å². The van der Waals surface area contributed by atoms with E-state index < -0.39 is 0 Å². The van der Waals surface area contributed by atoms with Crippen molar-refractivity contribution < 1.29 is 9.59 Å². The maximum atomic E-state index is 12.8. The summed E-state index contributed by atoms with van der Waals surface area (Å²) < 4.78 is 0. The molecular weight excluding hydrogens is 314 g/mol. The lowest BCUT2D eigenvalue weighted by atomic mass is 9.49. The van der Waals surface area contributed by atoms with Crippen molar-refractivity contribution in [2.24, 2.45) is 23.2 Å². The van der Waals surface area contributed by atoms with Crippen LogP contribution in [0.15, 0.2) is 30.3 Å². The molecule has 2 amide bonds. The first-order chi connectivity index (χ1) is 12.1. The zero-order valence-electron chi connectivity index (χ0n) is 14.6. The van der Waals surface area contributed by atoms with Gasteiger partial charge in [-0.05, 0) is 68.4 Å². The molecule has 5 rings (SSSR count). The van der Waals surface area contributed by atoms with Gasteiger partial charge < -0.3 is 5.32 Å². The van der Waals surface area contributed by atoms with Crippen LogP contribution in [0.1, 0.15) is 44.9 Å². The summed E-state index contributed by atoms with van der Waals surface area (Å²) in [5.74, 6) is 2.06. The van der Waals surface area contributed by atoms with Crippen LogP contribution in [0.3, 0.4) is 0 Å². The number of carbonyl (C=O) groups excluding carboxylic acids is 2. The highest BCUT2D eigenvalue weighted by atomic mass is 16.2. The Kier molecular flexibility index (Phi) is 4.40. The second kappa shape index (κ2) is 6.70. The summed E-state index contributed by atoms with van der Waals surface area (Å²) in [7, 11) is 0. The van der Waals surface area contributed by atoms with Crippen LogP contribution in [0.5, 0.6) is 0 Å². The zero-order chi connectivity index (χ0) is 17.3. The van der Waals surface area contributed by atoms with E-state index >= 15 is 0 Å². The largest absolute Gasteiger partial charge is 0.385 e.